The van der Waals surface area contributed by atoms with E-state index in [9.17, 15) is 0 Å². The first-order valence-electron chi connectivity index (χ1n) is 6.01. The van der Waals surface area contributed by atoms with Gasteiger partial charge in [0.2, 0.25) is 0 Å². The predicted octanol–water partition coefficient (Wildman–Crippen LogP) is 5.44. The average Bonchev–Trinajstić information content (AvgIpc) is 3.21. The molecule has 0 spiro atoms. The Morgan fingerprint density at radius 2 is 2.05 bits per heavy atom. The zero-order chi connectivity index (χ0) is 13.9. The van der Waals surface area contributed by atoms with Gasteiger partial charge in [0.1, 0.15) is 0 Å². The fourth-order valence-corrected chi connectivity index (χ4v) is 6.14. The van der Waals surface area contributed by atoms with Crippen LogP contribution in [0.3, 0.4) is 0 Å². The Hall–Kier alpha value is -0.330. The van der Waals surface area contributed by atoms with Crippen LogP contribution in [0.15, 0.2) is 50.9 Å². The Bertz CT molecular complexity index is 686. The third-order valence-electron chi connectivity index (χ3n) is 2.83. The number of thiophene rings is 2. The third kappa shape index (κ3) is 2.97. The maximum Gasteiger partial charge on any atom is 0.262 e. The van der Waals surface area contributed by atoms with Gasteiger partial charge in [0, 0.05) is 26.3 Å². The van der Waals surface area contributed by atoms with Crippen LogP contribution in [0.25, 0.3) is 5.57 Å². The summed E-state index contributed by atoms with van der Waals surface area (Å²) < 4.78 is 2.74. The molecule has 0 atom stereocenters. The fraction of sp³-hybridized carbons (Fsp3) is 0.133. The Balaban J connectivity index is 2.11. The summed E-state index contributed by atoms with van der Waals surface area (Å²) in [5.74, 6) is 0. The van der Waals surface area contributed by atoms with Crippen molar-refractivity contribution in [1.29, 1.82) is 0 Å². The van der Waals surface area contributed by atoms with Crippen molar-refractivity contribution in [3.05, 3.63) is 56.5 Å². The molecule has 0 nitrogen and oxygen atoms in total. The van der Waals surface area contributed by atoms with Gasteiger partial charge < -0.3 is 0 Å². The topological polar surface area (TPSA) is 0 Å². The molecule has 0 unspecified atom stereocenters. The molecule has 20 heavy (non-hydrogen) atoms. The van der Waals surface area contributed by atoms with E-state index in [-0.39, 0.29) is 0 Å². The van der Waals surface area contributed by atoms with E-state index in [2.05, 4.69) is 54.3 Å². The third-order valence-corrected chi connectivity index (χ3v) is 8.08. The van der Waals surface area contributed by atoms with Gasteiger partial charge in [-0.25, -0.2) is 0 Å². The van der Waals surface area contributed by atoms with Crippen LogP contribution >= 0.6 is 46.2 Å². The summed E-state index contributed by atoms with van der Waals surface area (Å²) in [4.78, 5) is 4.09. The monoisotopic (exact) mass is 353 g/mol. The van der Waals surface area contributed by atoms with Gasteiger partial charge in [-0.3, -0.25) is 0 Å². The van der Waals surface area contributed by atoms with Crippen molar-refractivity contribution in [3.63, 3.8) is 0 Å². The summed E-state index contributed by atoms with van der Waals surface area (Å²) in [6.45, 7) is 0. The van der Waals surface area contributed by atoms with Crippen molar-refractivity contribution in [1.82, 2.24) is 0 Å². The summed E-state index contributed by atoms with van der Waals surface area (Å²) in [7, 11) is 0. The summed E-state index contributed by atoms with van der Waals surface area (Å²) in [5.41, 5.74) is 1.38. The molecule has 2 aromatic rings. The van der Waals surface area contributed by atoms with Crippen LogP contribution in [0, 0.1) is 0 Å². The van der Waals surface area contributed by atoms with Crippen molar-refractivity contribution in [3.8, 4) is 0 Å². The van der Waals surface area contributed by atoms with E-state index in [1.807, 2.05) is 57.5 Å². The van der Waals surface area contributed by atoms with Gasteiger partial charge in [0.25, 0.3) is 4.20 Å². The molecule has 3 heterocycles. The quantitative estimate of drug-likeness (QED) is 0.409. The van der Waals surface area contributed by atoms with Gasteiger partial charge in [-0.1, -0.05) is 6.07 Å². The summed E-state index contributed by atoms with van der Waals surface area (Å²) >= 11 is 9.22. The molecule has 1 aliphatic heterocycles. The minimum Gasteiger partial charge on any atom is -0.144 e. The van der Waals surface area contributed by atoms with Crippen molar-refractivity contribution in [2.45, 2.75) is 4.21 Å². The van der Waals surface area contributed by atoms with Gasteiger partial charge in [0.05, 0.1) is 4.21 Å². The highest BCUT2D eigenvalue weighted by molar-refractivity contribution is 8.26. The first-order chi connectivity index (χ1) is 9.81. The smallest absolute Gasteiger partial charge is 0.144 e. The Morgan fingerprint density at radius 1 is 1.15 bits per heavy atom. The number of hydrogen-bond acceptors (Lipinski definition) is 4. The van der Waals surface area contributed by atoms with Gasteiger partial charge in [-0.15, -0.1) is 34.4 Å². The fourth-order valence-electron chi connectivity index (χ4n) is 1.91. The second-order valence-electron chi connectivity index (χ2n) is 4.00. The van der Waals surface area contributed by atoms with Crippen LogP contribution in [-0.4, -0.2) is 16.7 Å². The van der Waals surface area contributed by atoms with Crippen LogP contribution in [0.4, 0.5) is 0 Å². The number of thioether (sulfide) groups is 2. The summed E-state index contributed by atoms with van der Waals surface area (Å²) in [6, 6.07) is 8.83. The molecular formula is C15H13S5+. The Labute approximate surface area is 140 Å². The zero-order valence-electron chi connectivity index (χ0n) is 11.1. The Morgan fingerprint density at radius 3 is 2.65 bits per heavy atom. The maximum atomic E-state index is 2.25. The molecule has 0 fully saturated rings. The summed E-state index contributed by atoms with van der Waals surface area (Å²) in [6.07, 6.45) is 8.75. The highest BCUT2D eigenvalue weighted by Gasteiger charge is 2.21. The van der Waals surface area contributed by atoms with E-state index in [1.54, 1.807) is 0 Å². The van der Waals surface area contributed by atoms with Crippen LogP contribution in [0.1, 0.15) is 9.75 Å². The molecule has 0 aromatic carbocycles. The van der Waals surface area contributed by atoms with Crippen molar-refractivity contribution in [2.24, 2.45) is 0 Å². The normalized spacial score (nSPS) is 19.0. The Kier molecular flexibility index (Phi) is 4.83. The van der Waals surface area contributed by atoms with E-state index in [1.165, 1.54) is 28.6 Å². The molecule has 102 valence electrons. The molecule has 0 saturated carbocycles. The first-order valence-corrected chi connectivity index (χ1v) is 11.0. The molecule has 0 aliphatic carbocycles. The van der Waals surface area contributed by atoms with Crippen LogP contribution in [0.5, 0.6) is 0 Å². The largest absolute Gasteiger partial charge is 0.262 e. The first kappa shape index (κ1) is 14.6. The number of allylic oxidation sites excluding steroid dienone is 1. The lowest BCUT2D eigenvalue weighted by molar-refractivity contribution is 1.72. The molecule has 0 N–H and O–H groups in total. The lowest BCUT2D eigenvalue weighted by Crippen LogP contribution is -1.85. The van der Waals surface area contributed by atoms with Crippen LogP contribution in [0.2, 0.25) is 0 Å². The van der Waals surface area contributed by atoms with Gasteiger partial charge in [-0.05, 0) is 47.7 Å². The molecule has 0 saturated heterocycles. The molecule has 0 bridgehead atoms. The van der Waals surface area contributed by atoms with Gasteiger partial charge >= 0.3 is 0 Å². The SMILES string of the molecule is CSc1ccc(/C(=C2\C=CC(=[S+]C)S2)c2cccs2)s1. The second-order valence-corrected chi connectivity index (χ2v) is 9.33. The second kappa shape index (κ2) is 6.62. The van der Waals surface area contributed by atoms with E-state index in [0.717, 1.165) is 0 Å². The highest BCUT2D eigenvalue weighted by atomic mass is 32.2. The van der Waals surface area contributed by atoms with Crippen LogP contribution in [-0.2, 0) is 11.4 Å². The standard InChI is InChI=1S/C15H13S5/c1-16-13-7-5-11(19-13)15(10-4-3-9-18-10)12-6-8-14(17-2)20-12/h3-9H,1-2H3/q+1/b15-11+. The maximum absolute atomic E-state index is 2.25. The minimum absolute atomic E-state index is 1.36. The van der Waals surface area contributed by atoms with Crippen LogP contribution < -0.4 is 0 Å². The number of rotatable bonds is 3. The lowest BCUT2D eigenvalue weighted by atomic mass is 10.1. The predicted molar refractivity (Wildman–Crippen MR) is 101 cm³/mol. The molecule has 0 amide bonds. The van der Waals surface area contributed by atoms with Crippen molar-refractivity contribution in [2.75, 3.05) is 12.5 Å². The molecule has 3 rings (SSSR count). The van der Waals surface area contributed by atoms with Crippen molar-refractivity contribution < 1.29 is 0 Å². The average molecular weight is 354 g/mol. The molecule has 0 radical (unpaired) electrons. The van der Waals surface area contributed by atoms with E-state index in [0.29, 0.717) is 0 Å². The minimum atomic E-state index is 1.36. The number of hydrogen-bond donors (Lipinski definition) is 0. The molecule has 1 aliphatic rings. The lowest BCUT2D eigenvalue weighted by Gasteiger charge is -2.05. The van der Waals surface area contributed by atoms with Crippen molar-refractivity contribution >= 4 is 67.3 Å². The molecular weight excluding hydrogens is 340 g/mol. The van der Waals surface area contributed by atoms with E-state index >= 15 is 0 Å². The zero-order valence-corrected chi connectivity index (χ0v) is 15.2. The molecule has 2 aromatic heterocycles. The van der Waals surface area contributed by atoms with E-state index in [4.69, 9.17) is 0 Å². The highest BCUT2D eigenvalue weighted by Crippen LogP contribution is 2.42. The van der Waals surface area contributed by atoms with E-state index < -0.39 is 0 Å². The summed E-state index contributed by atoms with van der Waals surface area (Å²) in [5, 5.41) is 2.15. The van der Waals surface area contributed by atoms with Gasteiger partial charge in [0.15, 0.2) is 17.6 Å². The van der Waals surface area contributed by atoms with Gasteiger partial charge in [-0.2, -0.15) is 0 Å². The molecule has 5 heteroatoms.